The summed E-state index contributed by atoms with van der Waals surface area (Å²) >= 11 is 1.94. The highest BCUT2D eigenvalue weighted by Crippen LogP contribution is 2.20. The maximum atomic E-state index is 12.8. The minimum Gasteiger partial charge on any atom is -0.348 e. The highest BCUT2D eigenvalue weighted by molar-refractivity contribution is 14.1. The molecule has 1 amide bonds. The fourth-order valence-electron chi connectivity index (χ4n) is 1.30. The van der Waals surface area contributed by atoms with E-state index < -0.39 is 0 Å². The van der Waals surface area contributed by atoms with Crippen molar-refractivity contribution in [2.24, 2.45) is 5.73 Å². The number of hydrogen-bond acceptors (Lipinski definition) is 2. The zero-order chi connectivity index (χ0) is 11.0. The lowest BCUT2D eigenvalue weighted by Crippen LogP contribution is -2.30. The smallest absolute Gasteiger partial charge is 0.252 e. The Bertz CT molecular complexity index is 410. The fraction of sp³-hybridized carbons (Fsp3) is 0.300. The molecular weight excluding hydrogens is 310 g/mol. The maximum absolute atomic E-state index is 12.8. The molecule has 1 aromatic rings. The molecular formula is C10H10FIN2O. The molecule has 0 bridgehead atoms. The zero-order valence-corrected chi connectivity index (χ0v) is 9.99. The van der Waals surface area contributed by atoms with Crippen LogP contribution in [0.3, 0.4) is 0 Å². The van der Waals surface area contributed by atoms with Crippen LogP contribution in [0.2, 0.25) is 0 Å². The molecule has 5 heteroatoms. The van der Waals surface area contributed by atoms with Crippen molar-refractivity contribution in [3.05, 3.63) is 33.1 Å². The zero-order valence-electron chi connectivity index (χ0n) is 7.84. The van der Waals surface area contributed by atoms with Crippen molar-refractivity contribution in [3.63, 3.8) is 0 Å². The van der Waals surface area contributed by atoms with E-state index in [1.807, 2.05) is 22.6 Å². The second kappa shape index (κ2) is 4.05. The molecule has 0 aliphatic heterocycles. The number of halogens is 2. The van der Waals surface area contributed by atoms with E-state index in [9.17, 15) is 9.18 Å². The minimum atomic E-state index is -0.334. The molecule has 2 unspecified atom stereocenters. The first-order valence-electron chi connectivity index (χ1n) is 4.59. The van der Waals surface area contributed by atoms with Crippen LogP contribution >= 0.6 is 22.6 Å². The van der Waals surface area contributed by atoms with Gasteiger partial charge in [-0.1, -0.05) is 0 Å². The third kappa shape index (κ3) is 2.46. The largest absolute Gasteiger partial charge is 0.348 e. The van der Waals surface area contributed by atoms with Crippen LogP contribution in [-0.4, -0.2) is 18.0 Å². The first-order valence-corrected chi connectivity index (χ1v) is 5.67. The Morgan fingerprint density at radius 3 is 2.80 bits per heavy atom. The summed E-state index contributed by atoms with van der Waals surface area (Å²) in [5.74, 6) is -0.517. The molecule has 0 spiro atoms. The minimum absolute atomic E-state index is 0.0760. The molecule has 1 saturated carbocycles. The Morgan fingerprint density at radius 2 is 2.27 bits per heavy atom. The van der Waals surface area contributed by atoms with Crippen LogP contribution in [0.1, 0.15) is 16.8 Å². The average Bonchev–Trinajstić information content (AvgIpc) is 2.81. The van der Waals surface area contributed by atoms with Gasteiger partial charge in [0.2, 0.25) is 0 Å². The molecule has 0 radical (unpaired) electrons. The highest BCUT2D eigenvalue weighted by atomic mass is 127. The number of rotatable bonds is 2. The fourth-order valence-corrected chi connectivity index (χ4v) is 2.02. The van der Waals surface area contributed by atoms with Crippen LogP contribution < -0.4 is 11.1 Å². The van der Waals surface area contributed by atoms with Gasteiger partial charge in [0.15, 0.2) is 0 Å². The van der Waals surface area contributed by atoms with E-state index >= 15 is 0 Å². The molecule has 2 atom stereocenters. The number of benzene rings is 1. The normalized spacial score (nSPS) is 23.7. The summed E-state index contributed by atoms with van der Waals surface area (Å²) in [4.78, 5) is 11.7. The lowest BCUT2D eigenvalue weighted by atomic mass is 10.2. The third-order valence-corrected chi connectivity index (χ3v) is 3.22. The van der Waals surface area contributed by atoms with Gasteiger partial charge in [0.1, 0.15) is 5.82 Å². The Morgan fingerprint density at radius 1 is 1.60 bits per heavy atom. The van der Waals surface area contributed by atoms with Crippen LogP contribution in [0, 0.1) is 9.39 Å². The van der Waals surface area contributed by atoms with Gasteiger partial charge in [0.05, 0.1) is 5.56 Å². The van der Waals surface area contributed by atoms with E-state index in [0.717, 1.165) is 6.42 Å². The van der Waals surface area contributed by atoms with Gasteiger partial charge in [-0.3, -0.25) is 4.79 Å². The Balaban J connectivity index is 2.11. The monoisotopic (exact) mass is 320 g/mol. The van der Waals surface area contributed by atoms with Crippen molar-refractivity contribution < 1.29 is 9.18 Å². The van der Waals surface area contributed by atoms with E-state index in [4.69, 9.17) is 5.73 Å². The van der Waals surface area contributed by atoms with Crippen LogP contribution in [0.15, 0.2) is 18.2 Å². The molecule has 0 heterocycles. The van der Waals surface area contributed by atoms with Crippen LogP contribution in [0.5, 0.6) is 0 Å². The van der Waals surface area contributed by atoms with Crippen molar-refractivity contribution in [2.75, 3.05) is 0 Å². The van der Waals surface area contributed by atoms with Crippen molar-refractivity contribution in [3.8, 4) is 0 Å². The Hall–Kier alpha value is -0.690. The van der Waals surface area contributed by atoms with Gasteiger partial charge < -0.3 is 11.1 Å². The predicted molar refractivity (Wildman–Crippen MR) is 63.0 cm³/mol. The number of carbonyl (C=O) groups is 1. The van der Waals surface area contributed by atoms with E-state index in [0.29, 0.717) is 9.13 Å². The lowest BCUT2D eigenvalue weighted by Gasteiger charge is -2.05. The molecule has 15 heavy (non-hydrogen) atoms. The second-order valence-corrected chi connectivity index (χ2v) is 4.77. The van der Waals surface area contributed by atoms with Crippen LogP contribution in [-0.2, 0) is 0 Å². The summed E-state index contributed by atoms with van der Waals surface area (Å²) in [5, 5.41) is 2.79. The average molecular weight is 320 g/mol. The first-order chi connectivity index (χ1) is 7.08. The molecule has 1 aliphatic carbocycles. The second-order valence-electron chi connectivity index (χ2n) is 3.60. The van der Waals surface area contributed by atoms with Crippen LogP contribution in [0.25, 0.3) is 0 Å². The van der Waals surface area contributed by atoms with Gasteiger partial charge in [-0.25, -0.2) is 4.39 Å². The van der Waals surface area contributed by atoms with E-state index in [1.165, 1.54) is 18.2 Å². The molecule has 1 fully saturated rings. The predicted octanol–water partition coefficient (Wildman–Crippen LogP) is 1.26. The number of carbonyl (C=O) groups excluding carboxylic acids is 1. The summed E-state index contributed by atoms with van der Waals surface area (Å²) in [5.41, 5.74) is 6.07. The van der Waals surface area contributed by atoms with Gasteiger partial charge in [0.25, 0.3) is 5.91 Å². The summed E-state index contributed by atoms with van der Waals surface area (Å²) in [7, 11) is 0. The van der Waals surface area contributed by atoms with Crippen molar-refractivity contribution >= 4 is 28.5 Å². The highest BCUT2D eigenvalue weighted by Gasteiger charge is 2.35. The SMILES string of the molecule is NC1CC1NC(=O)c1ccc(F)cc1I. The van der Waals surface area contributed by atoms with Crippen molar-refractivity contribution in [2.45, 2.75) is 18.5 Å². The molecule has 80 valence electrons. The van der Waals surface area contributed by atoms with Crippen molar-refractivity contribution in [1.29, 1.82) is 0 Å². The summed E-state index contributed by atoms with van der Waals surface area (Å²) < 4.78 is 13.4. The molecule has 3 N–H and O–H groups in total. The molecule has 3 nitrogen and oxygen atoms in total. The topological polar surface area (TPSA) is 55.1 Å². The molecule has 2 rings (SSSR count). The van der Waals surface area contributed by atoms with Crippen molar-refractivity contribution in [1.82, 2.24) is 5.32 Å². The molecule has 0 saturated heterocycles. The van der Waals surface area contributed by atoms with E-state index in [-0.39, 0.29) is 23.8 Å². The molecule has 0 aromatic heterocycles. The quantitative estimate of drug-likeness (QED) is 0.806. The summed E-state index contributed by atoms with van der Waals surface area (Å²) in [6, 6.07) is 4.26. The van der Waals surface area contributed by atoms with E-state index in [1.54, 1.807) is 0 Å². The Kier molecular flexibility index (Phi) is 2.92. The summed E-state index contributed by atoms with van der Waals surface area (Å²) in [6.45, 7) is 0. The van der Waals surface area contributed by atoms with Gasteiger partial charge >= 0.3 is 0 Å². The summed E-state index contributed by atoms with van der Waals surface area (Å²) in [6.07, 6.45) is 0.823. The van der Waals surface area contributed by atoms with E-state index in [2.05, 4.69) is 5.32 Å². The third-order valence-electron chi connectivity index (χ3n) is 2.33. The number of amides is 1. The molecule has 1 aliphatic rings. The number of nitrogens with two attached hydrogens (primary N) is 1. The van der Waals surface area contributed by atoms with Gasteiger partial charge in [-0.2, -0.15) is 0 Å². The van der Waals surface area contributed by atoms with Gasteiger partial charge in [-0.15, -0.1) is 0 Å². The first kappa shape index (κ1) is 10.8. The standard InChI is InChI=1S/C10H10FIN2O/c11-5-1-2-6(7(12)3-5)10(15)14-9-4-8(9)13/h1-3,8-9H,4,13H2,(H,14,15). The lowest BCUT2D eigenvalue weighted by molar-refractivity contribution is 0.0949. The maximum Gasteiger partial charge on any atom is 0.252 e. The van der Waals surface area contributed by atoms with Crippen LogP contribution in [0.4, 0.5) is 4.39 Å². The van der Waals surface area contributed by atoms with Gasteiger partial charge in [0, 0.05) is 15.7 Å². The number of hydrogen-bond donors (Lipinski definition) is 2. The van der Waals surface area contributed by atoms with Gasteiger partial charge in [-0.05, 0) is 47.2 Å². The molecule has 1 aromatic carbocycles. The Labute approximate surface area is 100 Å². The number of nitrogens with one attached hydrogen (secondary N) is 1.